The normalized spacial score (nSPS) is 23.8. The summed E-state index contributed by atoms with van der Waals surface area (Å²) in [6.45, 7) is 2.00. The molecule has 2 fully saturated rings. The van der Waals surface area contributed by atoms with Crippen molar-refractivity contribution >= 4 is 29.2 Å². The van der Waals surface area contributed by atoms with Crippen molar-refractivity contribution in [3.05, 3.63) is 16.1 Å². The number of hydrogen-bond acceptors (Lipinski definition) is 5. The number of urea groups is 1. The number of nitrogens with one attached hydrogen (secondary N) is 1. The molecule has 4 amide bonds. The number of nitrogens with zero attached hydrogens (tertiary/aromatic N) is 2. The van der Waals surface area contributed by atoms with Crippen LogP contribution in [0.25, 0.3) is 0 Å². The van der Waals surface area contributed by atoms with Gasteiger partial charge in [-0.2, -0.15) is 0 Å². The van der Waals surface area contributed by atoms with E-state index in [1.54, 1.807) is 0 Å². The van der Waals surface area contributed by atoms with Crippen molar-refractivity contribution in [1.82, 2.24) is 15.2 Å². The second-order valence-corrected chi connectivity index (χ2v) is 6.66. The van der Waals surface area contributed by atoms with Crippen LogP contribution >= 0.6 is 11.3 Å². The number of aryl methyl sites for hydroxylation is 1. The predicted molar refractivity (Wildman–Crippen MR) is 76.4 cm³/mol. The van der Waals surface area contributed by atoms with Gasteiger partial charge in [-0.25, -0.2) is 9.78 Å². The molecule has 1 aliphatic carbocycles. The molecule has 1 aliphatic heterocycles. The molecule has 1 aromatic heterocycles. The van der Waals surface area contributed by atoms with Gasteiger partial charge in [-0.05, 0) is 25.7 Å². The zero-order valence-corrected chi connectivity index (χ0v) is 12.6. The molecule has 7 heteroatoms. The van der Waals surface area contributed by atoms with E-state index < -0.39 is 17.9 Å². The number of carbonyl (C=O) groups excluding carboxylic acids is 3. The molecule has 1 atom stereocenters. The number of hydrogen-bond donors (Lipinski definition) is 1. The predicted octanol–water partition coefficient (Wildman–Crippen LogP) is 1.84. The maximum Gasteiger partial charge on any atom is 0.331 e. The Hall–Kier alpha value is -1.76. The lowest BCUT2D eigenvalue weighted by molar-refractivity contribution is -0.145. The van der Waals surface area contributed by atoms with E-state index in [-0.39, 0.29) is 18.4 Å². The second kappa shape index (κ2) is 5.55. The Morgan fingerprint density at radius 2 is 2.05 bits per heavy atom. The minimum Gasteiger partial charge on any atom is -0.277 e. The summed E-state index contributed by atoms with van der Waals surface area (Å²) in [6, 6.07) is -0.634. The van der Waals surface area contributed by atoms with Crippen LogP contribution in [0.4, 0.5) is 4.79 Å². The molecule has 2 aliphatic rings. The van der Waals surface area contributed by atoms with Crippen LogP contribution in [0.15, 0.2) is 5.38 Å². The Balaban J connectivity index is 1.80. The third kappa shape index (κ3) is 2.70. The highest BCUT2D eigenvalue weighted by atomic mass is 32.1. The van der Waals surface area contributed by atoms with Gasteiger partial charge in [0.05, 0.1) is 17.2 Å². The molecular formula is C14H17N3O3S. The molecule has 2 heterocycles. The highest BCUT2D eigenvalue weighted by Gasteiger charge is 2.45. The Morgan fingerprint density at radius 3 is 2.67 bits per heavy atom. The number of imide groups is 2. The van der Waals surface area contributed by atoms with E-state index in [0.29, 0.717) is 5.69 Å². The average Bonchev–Trinajstić information content (AvgIpc) is 3.06. The fraction of sp³-hybridized carbons (Fsp3) is 0.571. The summed E-state index contributed by atoms with van der Waals surface area (Å²) in [4.78, 5) is 41.9. The summed E-state index contributed by atoms with van der Waals surface area (Å²) < 4.78 is 0. The Morgan fingerprint density at radius 1 is 1.33 bits per heavy atom. The van der Waals surface area contributed by atoms with Crippen LogP contribution in [0.5, 0.6) is 0 Å². The second-order valence-electron chi connectivity index (χ2n) is 5.60. The Kier molecular flexibility index (Phi) is 3.75. The first-order valence-corrected chi connectivity index (χ1v) is 8.01. The number of carbonyl (C=O) groups is 3. The van der Waals surface area contributed by atoms with Crippen LogP contribution in [-0.4, -0.2) is 27.7 Å². The summed E-state index contributed by atoms with van der Waals surface area (Å²) in [5.74, 6) is -1.47. The number of thiazole rings is 1. The lowest BCUT2D eigenvalue weighted by Gasteiger charge is -2.32. The monoisotopic (exact) mass is 307 g/mol. The molecule has 0 radical (unpaired) electrons. The molecule has 0 spiro atoms. The molecule has 1 saturated heterocycles. The smallest absolute Gasteiger partial charge is 0.277 e. The summed E-state index contributed by atoms with van der Waals surface area (Å²) >= 11 is 1.47. The third-order valence-corrected chi connectivity index (χ3v) is 4.97. The van der Waals surface area contributed by atoms with Gasteiger partial charge in [-0.3, -0.25) is 19.8 Å². The first-order chi connectivity index (χ1) is 10.1. The minimum atomic E-state index is -0.718. The van der Waals surface area contributed by atoms with Crippen LogP contribution in [0.1, 0.15) is 36.4 Å². The van der Waals surface area contributed by atoms with E-state index in [1.165, 1.54) is 11.3 Å². The van der Waals surface area contributed by atoms with Crippen LogP contribution < -0.4 is 5.32 Å². The van der Waals surface area contributed by atoms with Gasteiger partial charge >= 0.3 is 6.03 Å². The van der Waals surface area contributed by atoms with Gasteiger partial charge in [-0.1, -0.05) is 12.8 Å². The summed E-state index contributed by atoms with van der Waals surface area (Å²) in [7, 11) is 0. The Bertz CT molecular complexity index is 592. The SMILES string of the molecule is Cc1nc(CN2C(=O)NC(=O)C(C3CCCC3)C2=O)cs1. The van der Waals surface area contributed by atoms with E-state index in [9.17, 15) is 14.4 Å². The van der Waals surface area contributed by atoms with Gasteiger partial charge in [0.1, 0.15) is 5.92 Å². The highest BCUT2D eigenvalue weighted by Crippen LogP contribution is 2.34. The number of amides is 4. The van der Waals surface area contributed by atoms with Gasteiger partial charge in [0.15, 0.2) is 0 Å². The third-order valence-electron chi connectivity index (χ3n) is 4.15. The van der Waals surface area contributed by atoms with Gasteiger partial charge in [-0.15, -0.1) is 11.3 Å². The lowest BCUT2D eigenvalue weighted by Crippen LogP contribution is -2.59. The van der Waals surface area contributed by atoms with E-state index in [2.05, 4.69) is 10.3 Å². The number of barbiturate groups is 1. The summed E-state index contributed by atoms with van der Waals surface area (Å²) in [6.07, 6.45) is 3.84. The maximum absolute atomic E-state index is 12.6. The molecule has 0 bridgehead atoms. The summed E-state index contributed by atoms with van der Waals surface area (Å²) in [5, 5.41) is 5.03. The minimum absolute atomic E-state index is 0.0604. The van der Waals surface area contributed by atoms with E-state index >= 15 is 0 Å². The highest BCUT2D eigenvalue weighted by molar-refractivity contribution is 7.09. The van der Waals surface area contributed by atoms with Crippen LogP contribution in [0.2, 0.25) is 0 Å². The standard InChI is InChI=1S/C14H17N3O3S/c1-8-15-10(7-21-8)6-17-13(19)11(9-4-2-3-5-9)12(18)16-14(17)20/h7,9,11H,2-6H2,1H3,(H,16,18,20). The average molecular weight is 307 g/mol. The molecule has 3 rings (SSSR count). The van der Waals surface area contributed by atoms with Crippen LogP contribution in [0, 0.1) is 18.8 Å². The lowest BCUT2D eigenvalue weighted by atomic mass is 9.87. The zero-order chi connectivity index (χ0) is 15.0. The molecule has 1 saturated carbocycles. The molecule has 1 N–H and O–H groups in total. The van der Waals surface area contributed by atoms with Crippen molar-refractivity contribution in [1.29, 1.82) is 0 Å². The van der Waals surface area contributed by atoms with Crippen LogP contribution in [0.3, 0.4) is 0 Å². The van der Waals surface area contributed by atoms with Crippen molar-refractivity contribution in [3.63, 3.8) is 0 Å². The quantitative estimate of drug-likeness (QED) is 0.864. The van der Waals surface area contributed by atoms with Crippen molar-refractivity contribution in [2.75, 3.05) is 0 Å². The molecule has 1 unspecified atom stereocenters. The first-order valence-electron chi connectivity index (χ1n) is 7.13. The van der Waals surface area contributed by atoms with Gasteiger partial charge in [0.2, 0.25) is 11.8 Å². The van der Waals surface area contributed by atoms with E-state index in [4.69, 9.17) is 0 Å². The van der Waals surface area contributed by atoms with Gasteiger partial charge in [0, 0.05) is 5.38 Å². The summed E-state index contributed by atoms with van der Waals surface area (Å²) in [5.41, 5.74) is 0.681. The largest absolute Gasteiger partial charge is 0.331 e. The molecule has 112 valence electrons. The fourth-order valence-electron chi connectivity index (χ4n) is 3.13. The maximum atomic E-state index is 12.6. The topological polar surface area (TPSA) is 79.4 Å². The molecular weight excluding hydrogens is 290 g/mol. The molecule has 1 aromatic rings. The van der Waals surface area contributed by atoms with Crippen LogP contribution in [-0.2, 0) is 16.1 Å². The van der Waals surface area contributed by atoms with Crippen molar-refractivity contribution in [2.24, 2.45) is 11.8 Å². The number of aromatic nitrogens is 1. The molecule has 21 heavy (non-hydrogen) atoms. The first kappa shape index (κ1) is 14.2. The van der Waals surface area contributed by atoms with Gasteiger partial charge in [0.25, 0.3) is 0 Å². The number of rotatable bonds is 3. The van der Waals surface area contributed by atoms with E-state index in [0.717, 1.165) is 35.6 Å². The van der Waals surface area contributed by atoms with Gasteiger partial charge < -0.3 is 0 Å². The molecule has 0 aromatic carbocycles. The van der Waals surface area contributed by atoms with Crippen molar-refractivity contribution in [2.45, 2.75) is 39.2 Å². The Labute approximate surface area is 126 Å². The van der Waals surface area contributed by atoms with Crippen molar-refractivity contribution < 1.29 is 14.4 Å². The van der Waals surface area contributed by atoms with Crippen molar-refractivity contribution in [3.8, 4) is 0 Å². The fourth-order valence-corrected chi connectivity index (χ4v) is 3.73. The van der Waals surface area contributed by atoms with E-state index in [1.807, 2.05) is 12.3 Å². The zero-order valence-electron chi connectivity index (χ0n) is 11.8. The molecule has 6 nitrogen and oxygen atoms in total.